The van der Waals surface area contributed by atoms with Crippen molar-refractivity contribution in [1.82, 2.24) is 10.6 Å². The van der Waals surface area contributed by atoms with Crippen LogP contribution < -0.4 is 20.1 Å². The third-order valence-corrected chi connectivity index (χ3v) is 6.80. The molecule has 7 nitrogen and oxygen atoms in total. The highest BCUT2D eigenvalue weighted by Gasteiger charge is 2.35. The highest BCUT2D eigenvalue weighted by Crippen LogP contribution is 2.40. The Morgan fingerprint density at radius 2 is 1.84 bits per heavy atom. The van der Waals surface area contributed by atoms with Crippen molar-refractivity contribution in [3.63, 3.8) is 0 Å². The van der Waals surface area contributed by atoms with Crippen LogP contribution in [0.4, 0.5) is 0 Å². The maximum atomic E-state index is 6.10. The molecular formula is C24H37N3O4. The van der Waals surface area contributed by atoms with Crippen molar-refractivity contribution < 1.29 is 18.9 Å². The molecule has 0 spiro atoms. The number of rotatable bonds is 7. The van der Waals surface area contributed by atoms with Crippen LogP contribution in [-0.4, -0.2) is 58.8 Å². The van der Waals surface area contributed by atoms with Gasteiger partial charge in [-0.2, -0.15) is 0 Å². The van der Waals surface area contributed by atoms with E-state index in [-0.39, 0.29) is 5.41 Å². The summed E-state index contributed by atoms with van der Waals surface area (Å²) < 4.78 is 22.9. The average molecular weight is 432 g/mol. The molecule has 0 bridgehead atoms. The molecule has 4 rings (SSSR count). The zero-order valence-electron chi connectivity index (χ0n) is 18.8. The summed E-state index contributed by atoms with van der Waals surface area (Å²) in [6, 6.07) is 6.32. The fourth-order valence-corrected chi connectivity index (χ4v) is 4.83. The minimum Gasteiger partial charge on any atom is -0.454 e. The molecule has 0 unspecified atom stereocenters. The maximum Gasteiger partial charge on any atom is 0.231 e. The minimum absolute atomic E-state index is 0.0201. The van der Waals surface area contributed by atoms with Gasteiger partial charge in [0, 0.05) is 38.8 Å². The number of hydrogen-bond donors (Lipinski definition) is 2. The van der Waals surface area contributed by atoms with Gasteiger partial charge in [-0.05, 0) is 43.4 Å². The number of benzene rings is 1. The Hall–Kier alpha value is -1.99. The van der Waals surface area contributed by atoms with Gasteiger partial charge in [0.25, 0.3) is 0 Å². The molecule has 1 aromatic carbocycles. The molecule has 2 N–H and O–H groups in total. The monoisotopic (exact) mass is 431 g/mol. The fraction of sp³-hybridized carbons (Fsp3) is 0.708. The maximum absolute atomic E-state index is 6.10. The number of hydrogen-bond acceptors (Lipinski definition) is 5. The van der Waals surface area contributed by atoms with Gasteiger partial charge in [-0.15, -0.1) is 0 Å². The largest absolute Gasteiger partial charge is 0.454 e. The van der Waals surface area contributed by atoms with Crippen LogP contribution in [0, 0.1) is 0 Å². The van der Waals surface area contributed by atoms with Crippen LogP contribution in [0.5, 0.6) is 11.5 Å². The van der Waals surface area contributed by atoms with Crippen molar-refractivity contribution in [2.45, 2.75) is 62.9 Å². The molecule has 0 radical (unpaired) electrons. The molecule has 1 saturated carbocycles. The predicted molar refractivity (Wildman–Crippen MR) is 121 cm³/mol. The Bertz CT molecular complexity index is 726. The number of nitrogens with zero attached hydrogens (tertiary/aromatic N) is 1. The highest BCUT2D eigenvalue weighted by molar-refractivity contribution is 5.79. The topological polar surface area (TPSA) is 73.3 Å². The van der Waals surface area contributed by atoms with Crippen molar-refractivity contribution in [2.24, 2.45) is 4.99 Å². The normalized spacial score (nSPS) is 21.5. The van der Waals surface area contributed by atoms with Gasteiger partial charge in [0.15, 0.2) is 17.5 Å². The molecule has 2 aliphatic heterocycles. The molecule has 1 saturated heterocycles. The lowest BCUT2D eigenvalue weighted by molar-refractivity contribution is 0.0465. The van der Waals surface area contributed by atoms with E-state index in [1.807, 2.05) is 13.1 Å². The van der Waals surface area contributed by atoms with Crippen LogP contribution in [0.15, 0.2) is 23.2 Å². The van der Waals surface area contributed by atoms with E-state index in [0.717, 1.165) is 56.6 Å². The lowest BCUT2D eigenvalue weighted by Gasteiger charge is -2.38. The van der Waals surface area contributed by atoms with Crippen molar-refractivity contribution in [1.29, 1.82) is 0 Å². The van der Waals surface area contributed by atoms with Crippen LogP contribution >= 0.6 is 0 Å². The smallest absolute Gasteiger partial charge is 0.231 e. The molecule has 2 heterocycles. The van der Waals surface area contributed by atoms with E-state index in [2.05, 4.69) is 27.8 Å². The second-order valence-corrected chi connectivity index (χ2v) is 8.80. The lowest BCUT2D eigenvalue weighted by atomic mass is 9.74. The Morgan fingerprint density at radius 1 is 1.06 bits per heavy atom. The SMILES string of the molecule is CN=C(NCCOC1CCCCCC1)NCC1(c2ccc3c(c2)OCO3)CCOCC1. The standard InChI is InChI=1S/C24H37N3O4/c1-25-23(26-12-15-29-20-6-4-2-3-5-7-20)27-17-24(10-13-28-14-11-24)19-8-9-21-22(16-19)31-18-30-21/h8-9,16,20H,2-7,10-15,17-18H2,1H3,(H2,25,26,27). The fourth-order valence-electron chi connectivity index (χ4n) is 4.83. The minimum atomic E-state index is -0.0201. The second-order valence-electron chi connectivity index (χ2n) is 8.80. The highest BCUT2D eigenvalue weighted by atomic mass is 16.7. The zero-order chi connectivity index (χ0) is 21.4. The molecule has 0 aromatic heterocycles. The van der Waals surface area contributed by atoms with Gasteiger partial charge >= 0.3 is 0 Å². The lowest BCUT2D eigenvalue weighted by Crippen LogP contribution is -2.48. The van der Waals surface area contributed by atoms with Crippen LogP contribution in [0.2, 0.25) is 0 Å². The number of aliphatic imine (C=N–C) groups is 1. The van der Waals surface area contributed by atoms with E-state index >= 15 is 0 Å². The Kier molecular flexibility index (Phi) is 7.92. The Balaban J connectivity index is 1.30. The van der Waals surface area contributed by atoms with Gasteiger partial charge < -0.3 is 29.6 Å². The van der Waals surface area contributed by atoms with Crippen molar-refractivity contribution in [2.75, 3.05) is 46.8 Å². The first kappa shape index (κ1) is 22.2. The molecular weight excluding hydrogens is 394 g/mol. The van der Waals surface area contributed by atoms with Crippen LogP contribution in [0.3, 0.4) is 0 Å². The van der Waals surface area contributed by atoms with Crippen LogP contribution in [0.25, 0.3) is 0 Å². The molecule has 1 aromatic rings. The molecule has 0 atom stereocenters. The second kappa shape index (κ2) is 11.0. The van der Waals surface area contributed by atoms with Crippen molar-refractivity contribution >= 4 is 5.96 Å². The summed E-state index contributed by atoms with van der Waals surface area (Å²) in [6.07, 6.45) is 10.1. The van der Waals surface area contributed by atoms with E-state index in [1.165, 1.54) is 44.1 Å². The van der Waals surface area contributed by atoms with Crippen LogP contribution in [-0.2, 0) is 14.9 Å². The molecule has 7 heteroatoms. The van der Waals surface area contributed by atoms with E-state index in [0.29, 0.717) is 19.5 Å². The van der Waals surface area contributed by atoms with Gasteiger partial charge in [-0.25, -0.2) is 0 Å². The van der Waals surface area contributed by atoms with Gasteiger partial charge in [0.2, 0.25) is 6.79 Å². The Labute approximate surface area is 185 Å². The number of ether oxygens (including phenoxy) is 4. The van der Waals surface area contributed by atoms with Crippen LogP contribution in [0.1, 0.15) is 56.9 Å². The number of nitrogens with one attached hydrogen (secondary N) is 2. The summed E-state index contributed by atoms with van der Waals surface area (Å²) in [7, 11) is 1.82. The van der Waals surface area contributed by atoms with Gasteiger partial charge in [-0.3, -0.25) is 4.99 Å². The quantitative estimate of drug-likeness (QED) is 0.298. The molecule has 3 aliphatic rings. The first-order valence-corrected chi connectivity index (χ1v) is 11.8. The predicted octanol–water partition coefficient (Wildman–Crippen LogP) is 3.37. The first-order chi connectivity index (χ1) is 15.3. The molecule has 172 valence electrons. The van der Waals surface area contributed by atoms with E-state index in [1.54, 1.807) is 0 Å². The molecule has 31 heavy (non-hydrogen) atoms. The summed E-state index contributed by atoms with van der Waals surface area (Å²) in [5, 5.41) is 6.96. The summed E-state index contributed by atoms with van der Waals surface area (Å²) in [6.45, 7) is 4.09. The van der Waals surface area contributed by atoms with Gasteiger partial charge in [0.1, 0.15) is 0 Å². The van der Waals surface area contributed by atoms with Gasteiger partial charge in [0.05, 0.1) is 12.7 Å². The zero-order valence-corrected chi connectivity index (χ0v) is 18.8. The number of fused-ring (bicyclic) bond motifs is 1. The average Bonchev–Trinajstić information content (AvgIpc) is 3.13. The third-order valence-electron chi connectivity index (χ3n) is 6.80. The summed E-state index contributed by atoms with van der Waals surface area (Å²) in [4.78, 5) is 4.42. The summed E-state index contributed by atoms with van der Waals surface area (Å²) in [5.74, 6) is 2.47. The summed E-state index contributed by atoms with van der Waals surface area (Å²) in [5.41, 5.74) is 1.24. The summed E-state index contributed by atoms with van der Waals surface area (Å²) >= 11 is 0. The number of guanidine groups is 1. The Morgan fingerprint density at radius 3 is 2.61 bits per heavy atom. The third kappa shape index (κ3) is 5.83. The molecule has 0 amide bonds. The first-order valence-electron chi connectivity index (χ1n) is 11.8. The molecule has 2 fully saturated rings. The van der Waals surface area contributed by atoms with Crippen molar-refractivity contribution in [3.8, 4) is 11.5 Å². The van der Waals surface area contributed by atoms with Crippen molar-refractivity contribution in [3.05, 3.63) is 23.8 Å². The van der Waals surface area contributed by atoms with E-state index in [9.17, 15) is 0 Å². The van der Waals surface area contributed by atoms with E-state index < -0.39 is 0 Å². The van der Waals surface area contributed by atoms with Gasteiger partial charge in [-0.1, -0.05) is 31.7 Å². The van der Waals surface area contributed by atoms with E-state index in [4.69, 9.17) is 18.9 Å². The molecule has 1 aliphatic carbocycles.